The van der Waals surface area contributed by atoms with Crippen molar-refractivity contribution in [3.63, 3.8) is 0 Å². The van der Waals surface area contributed by atoms with Crippen LogP contribution in [0.15, 0.2) is 67.1 Å². The molecule has 2 aliphatic rings. The molecule has 5 heterocycles. The number of benzene rings is 1. The normalized spacial score (nSPS) is 20.5. The van der Waals surface area contributed by atoms with E-state index in [2.05, 4.69) is 33.2 Å². The number of rotatable bonds is 3. The standard InChI is InChI=1S/C27H26N4O2/c32-26(31-12-4-9-27(18-31)10-5-13-33-27)24-15-23-22(8-11-29-25(23)30-24)21-14-20(16-28-17-21)19-6-2-1-3-7-19/h1-3,6-8,11,14-17H,4-5,9-10,12-13,18H2,(H,29,30). The Morgan fingerprint density at radius 2 is 1.85 bits per heavy atom. The Hall–Kier alpha value is -3.51. The molecule has 2 fully saturated rings. The Kier molecular flexibility index (Phi) is 4.95. The minimum Gasteiger partial charge on any atom is -0.373 e. The van der Waals surface area contributed by atoms with Gasteiger partial charge in [0.25, 0.3) is 5.91 Å². The number of aromatic amines is 1. The lowest BCUT2D eigenvalue weighted by Gasteiger charge is -2.39. The third-order valence-corrected chi connectivity index (χ3v) is 6.93. The number of fused-ring (bicyclic) bond motifs is 1. The van der Waals surface area contributed by atoms with Crippen molar-refractivity contribution in [2.45, 2.75) is 31.3 Å². The van der Waals surface area contributed by atoms with Crippen LogP contribution in [0.5, 0.6) is 0 Å². The van der Waals surface area contributed by atoms with Crippen molar-refractivity contribution in [2.75, 3.05) is 19.7 Å². The lowest BCUT2D eigenvalue weighted by molar-refractivity contribution is -0.0447. The fraction of sp³-hybridized carbons (Fsp3) is 0.296. The average molecular weight is 439 g/mol. The number of carbonyl (C=O) groups is 1. The van der Waals surface area contributed by atoms with Crippen LogP contribution < -0.4 is 0 Å². The Balaban J connectivity index is 1.34. The number of pyridine rings is 2. The largest absolute Gasteiger partial charge is 0.373 e. The summed E-state index contributed by atoms with van der Waals surface area (Å²) < 4.78 is 6.06. The van der Waals surface area contributed by atoms with Gasteiger partial charge >= 0.3 is 0 Å². The Morgan fingerprint density at radius 1 is 1.00 bits per heavy atom. The average Bonchev–Trinajstić information content (AvgIpc) is 3.51. The van der Waals surface area contributed by atoms with Gasteiger partial charge in [-0.1, -0.05) is 30.3 Å². The molecule has 0 bridgehead atoms. The van der Waals surface area contributed by atoms with Gasteiger partial charge in [-0.15, -0.1) is 0 Å². The van der Waals surface area contributed by atoms with Crippen molar-refractivity contribution >= 4 is 16.9 Å². The van der Waals surface area contributed by atoms with Gasteiger partial charge in [0.2, 0.25) is 0 Å². The molecular formula is C27H26N4O2. The summed E-state index contributed by atoms with van der Waals surface area (Å²) in [6, 6.07) is 16.3. The number of aromatic nitrogens is 3. The SMILES string of the molecule is O=C(c1cc2c(-c3cncc(-c4ccccc4)c3)ccnc2[nH]1)N1CCCC2(CCCO2)C1. The number of carbonyl (C=O) groups excluding carboxylic acids is 1. The van der Waals surface area contributed by atoms with Gasteiger partial charge in [-0.25, -0.2) is 4.98 Å². The first-order chi connectivity index (χ1) is 16.2. The zero-order valence-corrected chi connectivity index (χ0v) is 18.5. The van der Waals surface area contributed by atoms with E-state index in [9.17, 15) is 4.79 Å². The molecule has 6 heteroatoms. The third kappa shape index (κ3) is 3.70. The quantitative estimate of drug-likeness (QED) is 0.484. The first kappa shape index (κ1) is 20.1. The molecule has 33 heavy (non-hydrogen) atoms. The summed E-state index contributed by atoms with van der Waals surface area (Å²) in [4.78, 5) is 27.6. The predicted molar refractivity (Wildman–Crippen MR) is 128 cm³/mol. The monoisotopic (exact) mass is 438 g/mol. The zero-order chi connectivity index (χ0) is 22.3. The molecule has 1 atom stereocenters. The van der Waals surface area contributed by atoms with Crippen molar-refractivity contribution in [1.82, 2.24) is 19.9 Å². The maximum Gasteiger partial charge on any atom is 0.270 e. The smallest absolute Gasteiger partial charge is 0.270 e. The van der Waals surface area contributed by atoms with Crippen LogP contribution in [0.1, 0.15) is 36.2 Å². The lowest BCUT2D eigenvalue weighted by Crippen LogP contribution is -2.50. The van der Waals surface area contributed by atoms with Crippen LogP contribution in [0.4, 0.5) is 0 Å². The third-order valence-electron chi connectivity index (χ3n) is 6.93. The molecule has 0 radical (unpaired) electrons. The number of likely N-dealkylation sites (tertiary alicyclic amines) is 1. The number of ether oxygens (including phenoxy) is 1. The summed E-state index contributed by atoms with van der Waals surface area (Å²) >= 11 is 0. The van der Waals surface area contributed by atoms with Crippen LogP contribution in [-0.4, -0.2) is 51.1 Å². The van der Waals surface area contributed by atoms with Crippen molar-refractivity contribution in [1.29, 1.82) is 0 Å². The summed E-state index contributed by atoms with van der Waals surface area (Å²) in [6.45, 7) is 2.24. The molecule has 2 aliphatic heterocycles. The molecule has 1 N–H and O–H groups in total. The number of hydrogen-bond donors (Lipinski definition) is 1. The second kappa shape index (κ2) is 8.12. The molecule has 0 saturated carbocycles. The molecule has 3 aromatic heterocycles. The number of H-pyrrole nitrogens is 1. The minimum absolute atomic E-state index is 0.0182. The molecule has 6 nitrogen and oxygen atoms in total. The molecule has 1 unspecified atom stereocenters. The Morgan fingerprint density at radius 3 is 2.70 bits per heavy atom. The van der Waals surface area contributed by atoms with Crippen LogP contribution in [0.3, 0.4) is 0 Å². The molecule has 0 aliphatic carbocycles. The number of nitrogens with one attached hydrogen (secondary N) is 1. The maximum absolute atomic E-state index is 13.4. The number of hydrogen-bond acceptors (Lipinski definition) is 4. The highest BCUT2D eigenvalue weighted by molar-refractivity contribution is 6.02. The van der Waals surface area contributed by atoms with Gasteiger partial charge in [-0.05, 0) is 55.0 Å². The van der Waals surface area contributed by atoms with Crippen LogP contribution in [-0.2, 0) is 4.74 Å². The Labute approximate surface area is 192 Å². The second-order valence-corrected chi connectivity index (χ2v) is 9.10. The highest BCUT2D eigenvalue weighted by atomic mass is 16.5. The summed E-state index contributed by atoms with van der Waals surface area (Å²) in [7, 11) is 0. The fourth-order valence-electron chi connectivity index (χ4n) is 5.29. The van der Waals surface area contributed by atoms with Gasteiger partial charge < -0.3 is 14.6 Å². The van der Waals surface area contributed by atoms with E-state index in [1.54, 1.807) is 6.20 Å². The van der Waals surface area contributed by atoms with E-state index < -0.39 is 0 Å². The van der Waals surface area contributed by atoms with E-state index in [4.69, 9.17) is 4.74 Å². The van der Waals surface area contributed by atoms with Crippen molar-refractivity contribution < 1.29 is 9.53 Å². The lowest BCUT2D eigenvalue weighted by atomic mass is 9.90. The van der Waals surface area contributed by atoms with Gasteiger partial charge in [0, 0.05) is 48.3 Å². The molecular weight excluding hydrogens is 412 g/mol. The predicted octanol–water partition coefficient (Wildman–Crippen LogP) is 5.08. The Bertz CT molecular complexity index is 1310. The van der Waals surface area contributed by atoms with Crippen LogP contribution in [0.25, 0.3) is 33.3 Å². The summed E-state index contributed by atoms with van der Waals surface area (Å²) in [5.41, 5.74) is 5.33. The topological polar surface area (TPSA) is 71.1 Å². The number of piperidine rings is 1. The van der Waals surface area contributed by atoms with E-state index in [1.807, 2.05) is 47.6 Å². The van der Waals surface area contributed by atoms with Crippen LogP contribution in [0, 0.1) is 0 Å². The minimum atomic E-state index is -0.146. The first-order valence-corrected chi connectivity index (χ1v) is 11.6. The summed E-state index contributed by atoms with van der Waals surface area (Å²) in [5.74, 6) is 0.0182. The molecule has 166 valence electrons. The number of amides is 1. The molecule has 2 saturated heterocycles. The second-order valence-electron chi connectivity index (χ2n) is 9.10. The van der Waals surface area contributed by atoms with Crippen LogP contribution in [0.2, 0.25) is 0 Å². The molecule has 1 aromatic carbocycles. The van der Waals surface area contributed by atoms with Crippen molar-refractivity contribution in [3.8, 4) is 22.3 Å². The van der Waals surface area contributed by atoms with Gasteiger partial charge in [0.15, 0.2) is 0 Å². The highest BCUT2D eigenvalue weighted by Crippen LogP contribution is 2.35. The highest BCUT2D eigenvalue weighted by Gasteiger charge is 2.41. The number of nitrogens with zero attached hydrogens (tertiary/aromatic N) is 3. The van der Waals surface area contributed by atoms with Crippen LogP contribution >= 0.6 is 0 Å². The maximum atomic E-state index is 13.4. The molecule has 4 aromatic rings. The van der Waals surface area contributed by atoms with Gasteiger partial charge in [0.1, 0.15) is 11.3 Å². The van der Waals surface area contributed by atoms with Gasteiger partial charge in [0.05, 0.1) is 12.1 Å². The van der Waals surface area contributed by atoms with E-state index in [-0.39, 0.29) is 11.5 Å². The van der Waals surface area contributed by atoms with Crippen molar-refractivity contribution in [2.24, 2.45) is 0 Å². The molecule has 1 amide bonds. The van der Waals surface area contributed by atoms with Gasteiger partial charge in [-0.2, -0.15) is 0 Å². The van der Waals surface area contributed by atoms with E-state index in [0.717, 1.165) is 66.5 Å². The molecule has 6 rings (SSSR count). The summed E-state index contributed by atoms with van der Waals surface area (Å²) in [5, 5.41) is 0.928. The van der Waals surface area contributed by atoms with E-state index in [0.29, 0.717) is 17.9 Å². The van der Waals surface area contributed by atoms with Crippen molar-refractivity contribution in [3.05, 3.63) is 72.8 Å². The van der Waals surface area contributed by atoms with Gasteiger partial charge in [-0.3, -0.25) is 9.78 Å². The summed E-state index contributed by atoms with van der Waals surface area (Å²) in [6.07, 6.45) is 9.66. The molecule has 1 spiro atoms. The first-order valence-electron chi connectivity index (χ1n) is 11.6. The van der Waals surface area contributed by atoms with E-state index in [1.165, 1.54) is 0 Å². The van der Waals surface area contributed by atoms with E-state index >= 15 is 0 Å². The zero-order valence-electron chi connectivity index (χ0n) is 18.5. The fourth-order valence-corrected chi connectivity index (χ4v) is 5.29.